The van der Waals surface area contributed by atoms with Crippen LogP contribution in [0.2, 0.25) is 0 Å². The molecule has 0 aromatic carbocycles. The molecule has 0 amide bonds. The minimum atomic E-state index is -0.416. The van der Waals surface area contributed by atoms with E-state index in [9.17, 15) is 0 Å². The number of ether oxygens (including phenoxy) is 4. The Bertz CT molecular complexity index is 342. The van der Waals surface area contributed by atoms with Crippen LogP contribution in [-0.2, 0) is 18.9 Å². The molecule has 5 heteroatoms. The summed E-state index contributed by atoms with van der Waals surface area (Å²) in [4.78, 5) is 0. The van der Waals surface area contributed by atoms with Gasteiger partial charge < -0.3 is 24.7 Å². The van der Waals surface area contributed by atoms with E-state index in [1.165, 1.54) is 0 Å². The zero-order valence-electron chi connectivity index (χ0n) is 17.6. The molecule has 0 aliphatic carbocycles. The van der Waals surface area contributed by atoms with Crippen LogP contribution < -0.4 is 5.73 Å². The van der Waals surface area contributed by atoms with Gasteiger partial charge in [-0.25, -0.2) is 0 Å². The molecule has 2 N–H and O–H groups in total. The van der Waals surface area contributed by atoms with Gasteiger partial charge in [0.05, 0.1) is 12.7 Å². The molecule has 1 aliphatic heterocycles. The van der Waals surface area contributed by atoms with E-state index in [0.717, 1.165) is 71.2 Å². The monoisotopic (exact) mass is 373 g/mol. The van der Waals surface area contributed by atoms with Crippen molar-refractivity contribution in [1.29, 1.82) is 0 Å². The highest BCUT2D eigenvalue weighted by Gasteiger charge is 2.56. The van der Waals surface area contributed by atoms with Crippen LogP contribution in [0.4, 0.5) is 0 Å². The van der Waals surface area contributed by atoms with Crippen LogP contribution in [0, 0.1) is 0 Å². The highest BCUT2D eigenvalue weighted by Crippen LogP contribution is 2.41. The first kappa shape index (κ1) is 23.8. The number of hydrogen-bond acceptors (Lipinski definition) is 5. The average Bonchev–Trinajstić information content (AvgIpc) is 2.93. The molecule has 1 unspecified atom stereocenters. The van der Waals surface area contributed by atoms with Crippen molar-refractivity contribution in [3.8, 4) is 0 Å². The van der Waals surface area contributed by atoms with Crippen molar-refractivity contribution in [2.45, 2.75) is 103 Å². The van der Waals surface area contributed by atoms with Crippen LogP contribution in [-0.4, -0.2) is 56.9 Å². The number of rotatable bonds is 16. The van der Waals surface area contributed by atoms with Crippen LogP contribution in [0.3, 0.4) is 0 Å². The lowest BCUT2D eigenvalue weighted by atomic mass is 9.85. The highest BCUT2D eigenvalue weighted by atomic mass is 16.6. The van der Waals surface area contributed by atoms with E-state index in [4.69, 9.17) is 24.7 Å². The van der Waals surface area contributed by atoms with Gasteiger partial charge in [0.2, 0.25) is 0 Å². The largest absolute Gasteiger partial charge is 0.379 e. The van der Waals surface area contributed by atoms with Crippen molar-refractivity contribution >= 4 is 0 Å². The van der Waals surface area contributed by atoms with Crippen molar-refractivity contribution < 1.29 is 18.9 Å². The molecule has 0 bridgehead atoms. The molecular formula is C21H43NO4. The van der Waals surface area contributed by atoms with Crippen LogP contribution in [0.5, 0.6) is 0 Å². The topological polar surface area (TPSA) is 62.9 Å². The molecule has 0 radical (unpaired) electrons. The van der Waals surface area contributed by atoms with E-state index in [0.29, 0.717) is 13.2 Å². The van der Waals surface area contributed by atoms with Gasteiger partial charge in [0.1, 0.15) is 17.8 Å². The normalized spacial score (nSPS) is 28.7. The summed E-state index contributed by atoms with van der Waals surface area (Å²) in [5.74, 6) is 0. The average molecular weight is 374 g/mol. The van der Waals surface area contributed by atoms with E-state index in [-0.39, 0.29) is 18.3 Å². The van der Waals surface area contributed by atoms with Gasteiger partial charge >= 0.3 is 0 Å². The maximum absolute atomic E-state index is 6.49. The molecule has 1 fully saturated rings. The van der Waals surface area contributed by atoms with Gasteiger partial charge in [0, 0.05) is 19.8 Å². The zero-order chi connectivity index (χ0) is 19.3. The Morgan fingerprint density at radius 1 is 0.923 bits per heavy atom. The van der Waals surface area contributed by atoms with Crippen LogP contribution in [0.15, 0.2) is 0 Å². The van der Waals surface area contributed by atoms with E-state index in [1.54, 1.807) is 0 Å². The summed E-state index contributed by atoms with van der Waals surface area (Å²) in [6, 6.07) is 0. The number of hydrogen-bond donors (Lipinski definition) is 1. The SMILES string of the molecule is CCCCOC[C@H]1OC(CCN)[C@](CC)(OCCCC)[C@@H]1OCCCC. The van der Waals surface area contributed by atoms with Crippen molar-refractivity contribution in [1.82, 2.24) is 0 Å². The second kappa shape index (κ2) is 13.9. The van der Waals surface area contributed by atoms with Gasteiger partial charge in [-0.2, -0.15) is 0 Å². The smallest absolute Gasteiger partial charge is 0.123 e. The first-order valence-corrected chi connectivity index (χ1v) is 10.9. The third-order valence-corrected chi connectivity index (χ3v) is 5.27. The third kappa shape index (κ3) is 6.75. The van der Waals surface area contributed by atoms with Crippen molar-refractivity contribution in [2.24, 2.45) is 5.73 Å². The summed E-state index contributed by atoms with van der Waals surface area (Å²) < 4.78 is 25.1. The van der Waals surface area contributed by atoms with Crippen LogP contribution in [0.25, 0.3) is 0 Å². The standard InChI is InChI=1S/C21H43NO4/c1-5-9-14-23-17-18-20(24-15-10-6-2)21(8-4,25-16-11-7-3)19(26-18)12-13-22/h18-20H,5-17,22H2,1-4H3/t18-,19?,20-,21+/m1/s1. The highest BCUT2D eigenvalue weighted by molar-refractivity contribution is 5.05. The Hall–Kier alpha value is -0.200. The van der Waals surface area contributed by atoms with Gasteiger partial charge in [0.15, 0.2) is 0 Å². The fraction of sp³-hybridized carbons (Fsp3) is 1.00. The van der Waals surface area contributed by atoms with E-state index < -0.39 is 5.60 Å². The number of nitrogens with two attached hydrogens (primary N) is 1. The van der Waals surface area contributed by atoms with Gasteiger partial charge in [-0.1, -0.05) is 47.0 Å². The summed E-state index contributed by atoms with van der Waals surface area (Å²) in [5, 5.41) is 0. The predicted octanol–water partition coefficient (Wildman–Crippen LogP) is 4.07. The lowest BCUT2D eigenvalue weighted by Crippen LogP contribution is -2.52. The molecule has 0 saturated carbocycles. The Labute approximate surface area is 161 Å². The van der Waals surface area contributed by atoms with Gasteiger partial charge in [-0.05, 0) is 38.6 Å². The molecule has 5 nitrogen and oxygen atoms in total. The summed E-state index contributed by atoms with van der Waals surface area (Å²) >= 11 is 0. The Morgan fingerprint density at radius 3 is 2.19 bits per heavy atom. The minimum absolute atomic E-state index is 0.0271. The number of unbranched alkanes of at least 4 members (excludes halogenated alkanes) is 3. The summed E-state index contributed by atoms with van der Waals surface area (Å²) in [5.41, 5.74) is 5.47. The maximum Gasteiger partial charge on any atom is 0.123 e. The fourth-order valence-electron chi connectivity index (χ4n) is 3.65. The Kier molecular flexibility index (Phi) is 12.7. The van der Waals surface area contributed by atoms with E-state index in [1.807, 2.05) is 0 Å². The molecule has 0 aromatic rings. The molecule has 0 spiro atoms. The molecule has 26 heavy (non-hydrogen) atoms. The second-order valence-electron chi connectivity index (χ2n) is 7.32. The third-order valence-electron chi connectivity index (χ3n) is 5.27. The zero-order valence-corrected chi connectivity index (χ0v) is 17.6. The first-order chi connectivity index (χ1) is 12.7. The van der Waals surface area contributed by atoms with Gasteiger partial charge in [-0.15, -0.1) is 0 Å². The second-order valence-corrected chi connectivity index (χ2v) is 7.32. The summed E-state index contributed by atoms with van der Waals surface area (Å²) in [6.45, 7) is 12.1. The first-order valence-electron chi connectivity index (χ1n) is 10.9. The summed E-state index contributed by atoms with van der Waals surface area (Å²) in [7, 11) is 0. The molecule has 1 heterocycles. The molecular weight excluding hydrogens is 330 g/mol. The van der Waals surface area contributed by atoms with E-state index >= 15 is 0 Å². The molecule has 4 atom stereocenters. The molecule has 1 saturated heterocycles. The quantitative estimate of drug-likeness (QED) is 0.413. The lowest BCUT2D eigenvalue weighted by molar-refractivity contribution is -0.149. The predicted molar refractivity (Wildman–Crippen MR) is 107 cm³/mol. The summed E-state index contributed by atoms with van der Waals surface area (Å²) in [6.07, 6.45) is 8.01. The molecule has 1 aliphatic rings. The van der Waals surface area contributed by atoms with Crippen molar-refractivity contribution in [3.63, 3.8) is 0 Å². The fourth-order valence-corrected chi connectivity index (χ4v) is 3.65. The molecule has 156 valence electrons. The lowest BCUT2D eigenvalue weighted by Gasteiger charge is -2.38. The van der Waals surface area contributed by atoms with Crippen molar-refractivity contribution in [2.75, 3.05) is 33.0 Å². The van der Waals surface area contributed by atoms with Crippen LogP contribution in [0.1, 0.15) is 79.1 Å². The Morgan fingerprint density at radius 2 is 1.58 bits per heavy atom. The minimum Gasteiger partial charge on any atom is -0.379 e. The molecule has 1 rings (SSSR count). The molecule has 0 aromatic heterocycles. The Balaban J connectivity index is 2.89. The van der Waals surface area contributed by atoms with Crippen LogP contribution >= 0.6 is 0 Å². The van der Waals surface area contributed by atoms with Gasteiger partial charge in [0.25, 0.3) is 0 Å². The van der Waals surface area contributed by atoms with Crippen molar-refractivity contribution in [3.05, 3.63) is 0 Å². The van der Waals surface area contributed by atoms with E-state index in [2.05, 4.69) is 27.7 Å². The maximum atomic E-state index is 6.49. The van der Waals surface area contributed by atoms with Gasteiger partial charge in [-0.3, -0.25) is 0 Å².